The van der Waals surface area contributed by atoms with E-state index >= 15 is 0 Å². The van der Waals surface area contributed by atoms with Crippen molar-refractivity contribution in [3.8, 4) is 11.1 Å². The first-order valence-corrected chi connectivity index (χ1v) is 19.8. The second kappa shape index (κ2) is 12.6. The second-order valence-electron chi connectivity index (χ2n) is 14.1. The van der Waals surface area contributed by atoms with Gasteiger partial charge in [0.2, 0.25) is 0 Å². The second-order valence-corrected chi connectivity index (χ2v) is 20.7. The first kappa shape index (κ1) is 33.6. The van der Waals surface area contributed by atoms with Crippen LogP contribution in [0.5, 0.6) is 0 Å². The fourth-order valence-electron chi connectivity index (χ4n) is 7.84. The fourth-order valence-corrected chi connectivity index (χ4v) is 17.9. The molecule has 1 unspecified atom stereocenters. The van der Waals surface area contributed by atoms with Gasteiger partial charge in [0.1, 0.15) is 0 Å². The van der Waals surface area contributed by atoms with Crippen molar-refractivity contribution in [2.45, 2.75) is 108 Å². The van der Waals surface area contributed by atoms with Gasteiger partial charge in [0.05, 0.1) is 0 Å². The quantitative estimate of drug-likeness (QED) is 0.368. The molecule has 0 spiro atoms. The van der Waals surface area contributed by atoms with Crippen LogP contribution in [-0.4, -0.2) is 3.21 Å². The normalized spacial score (nSPS) is 19.5. The van der Waals surface area contributed by atoms with Gasteiger partial charge in [-0.1, -0.05) is 0 Å². The molecule has 0 N–H and O–H groups in total. The van der Waals surface area contributed by atoms with Gasteiger partial charge in [-0.3, -0.25) is 0 Å². The number of fused-ring (bicyclic) bond motifs is 5. The zero-order chi connectivity index (χ0) is 28.4. The van der Waals surface area contributed by atoms with Crippen LogP contribution >= 0.6 is 0 Å². The summed E-state index contributed by atoms with van der Waals surface area (Å²) in [5.74, 6) is 0.584. The van der Waals surface area contributed by atoms with E-state index in [4.69, 9.17) is 0 Å². The molecule has 6 rings (SSSR count). The summed E-state index contributed by atoms with van der Waals surface area (Å²) in [7, 11) is 0. The SMILES string of the molecule is CCCC[C](CCCC)=[Zr+2]([C]1=CC(C)=CC1C)[CH]1c2cc3c(cc2-c2cc4c(cc21)C(C)(C)C=C4)C=CC3(C)C.[Cl-].[Cl-]. The molecule has 0 bridgehead atoms. The van der Waals surface area contributed by atoms with E-state index in [9.17, 15) is 0 Å². The van der Waals surface area contributed by atoms with Gasteiger partial charge in [-0.25, -0.2) is 0 Å². The van der Waals surface area contributed by atoms with E-state index < -0.39 is 21.3 Å². The summed E-state index contributed by atoms with van der Waals surface area (Å²) in [5, 5.41) is 0. The largest absolute Gasteiger partial charge is 1.00 e. The molecule has 0 radical (unpaired) electrons. The summed E-state index contributed by atoms with van der Waals surface area (Å²) in [6.07, 6.45) is 22.7. The van der Waals surface area contributed by atoms with Crippen LogP contribution in [0.15, 0.2) is 57.4 Å². The number of unbranched alkanes of at least 4 members (excludes halogenated alkanes) is 2. The van der Waals surface area contributed by atoms with Crippen LogP contribution in [0, 0.1) is 5.92 Å². The zero-order valence-corrected chi connectivity index (χ0v) is 30.9. The van der Waals surface area contributed by atoms with Gasteiger partial charge >= 0.3 is 253 Å². The number of rotatable bonds is 8. The molecule has 0 fully saturated rings. The van der Waals surface area contributed by atoms with E-state index in [-0.39, 0.29) is 35.6 Å². The Bertz CT molecular complexity index is 1450. The summed E-state index contributed by atoms with van der Waals surface area (Å²) in [4.78, 5) is 0. The Labute approximate surface area is 275 Å². The molecule has 4 aliphatic carbocycles. The molecular weight excluding hydrogens is 631 g/mol. The van der Waals surface area contributed by atoms with Crippen molar-refractivity contribution >= 4 is 15.4 Å². The van der Waals surface area contributed by atoms with Crippen LogP contribution in [0.25, 0.3) is 23.3 Å². The Morgan fingerprint density at radius 3 is 1.64 bits per heavy atom. The first-order chi connectivity index (χ1) is 19.1. The summed E-state index contributed by atoms with van der Waals surface area (Å²) >= 11 is -2.37. The number of hydrogen-bond donors (Lipinski definition) is 0. The first-order valence-electron chi connectivity index (χ1n) is 15.9. The molecule has 0 saturated heterocycles. The average Bonchev–Trinajstić information content (AvgIpc) is 3.60. The van der Waals surface area contributed by atoms with Gasteiger partial charge in [-0.05, 0) is 0 Å². The maximum Gasteiger partial charge on any atom is -1.00 e. The van der Waals surface area contributed by atoms with E-state index in [1.807, 2.05) is 6.49 Å². The Morgan fingerprint density at radius 2 is 1.24 bits per heavy atom. The minimum absolute atomic E-state index is 0. The molecular formula is C39H48Cl2Zr. The standard InChI is InChI=1S/C23H21.C9H18.C7H9.2ClH.Zr/c1-22(2)7-5-14-10-18-16(12-20(14)22)9-17-13-21-15(11-19(17)18)6-8-23(21,3)4;1-3-5-7-9-8-6-4-2;1-6-3-4-7(2)5-6;;;/h5-13H,1-4H3;3-8H2,1-2H3;3,5,7H,1-2H3;2*1H;/q;;;;;+2/p-2. The molecule has 42 heavy (non-hydrogen) atoms. The van der Waals surface area contributed by atoms with Crippen LogP contribution in [-0.2, 0) is 32.1 Å². The Balaban J connectivity index is 0.00000202. The predicted octanol–water partition coefficient (Wildman–Crippen LogP) is 5.02. The van der Waals surface area contributed by atoms with Crippen LogP contribution in [0.2, 0.25) is 0 Å². The molecule has 222 valence electrons. The molecule has 0 saturated carbocycles. The molecule has 1 atom stereocenters. The number of hydrogen-bond acceptors (Lipinski definition) is 0. The molecule has 0 aliphatic heterocycles. The number of benzene rings is 2. The summed E-state index contributed by atoms with van der Waals surface area (Å²) in [6, 6.07) is 10.5. The van der Waals surface area contributed by atoms with Crippen molar-refractivity contribution in [1.82, 2.24) is 0 Å². The maximum absolute atomic E-state index is 2.68. The van der Waals surface area contributed by atoms with Crippen LogP contribution < -0.4 is 24.8 Å². The molecule has 2 aromatic carbocycles. The van der Waals surface area contributed by atoms with E-state index in [1.54, 1.807) is 11.1 Å². The zero-order valence-electron chi connectivity index (χ0n) is 26.9. The fraction of sp³-hybridized carbons (Fsp3) is 0.462. The van der Waals surface area contributed by atoms with Gasteiger partial charge in [0, 0.05) is 0 Å². The average molecular weight is 679 g/mol. The Kier molecular flexibility index (Phi) is 10.1. The smallest absolute Gasteiger partial charge is 1.00 e. The van der Waals surface area contributed by atoms with Crippen molar-refractivity contribution in [3.63, 3.8) is 0 Å². The van der Waals surface area contributed by atoms with Crippen molar-refractivity contribution < 1.29 is 46.1 Å². The Morgan fingerprint density at radius 1 is 0.762 bits per heavy atom. The molecule has 0 amide bonds. The van der Waals surface area contributed by atoms with Gasteiger partial charge in [0.25, 0.3) is 0 Å². The van der Waals surface area contributed by atoms with E-state index in [0.29, 0.717) is 9.54 Å². The molecule has 0 nitrogen and oxygen atoms in total. The maximum atomic E-state index is 2.68. The summed E-state index contributed by atoms with van der Waals surface area (Å²) < 4.78 is 4.42. The van der Waals surface area contributed by atoms with E-state index in [1.165, 1.54) is 77.5 Å². The molecule has 0 heterocycles. The Hall–Kier alpha value is -1.27. The predicted molar refractivity (Wildman–Crippen MR) is 173 cm³/mol. The van der Waals surface area contributed by atoms with Gasteiger partial charge in [-0.15, -0.1) is 0 Å². The monoisotopic (exact) mass is 676 g/mol. The third-order valence-corrected chi connectivity index (χ3v) is 19.2. The summed E-state index contributed by atoms with van der Waals surface area (Å²) in [6.45, 7) is 19.2. The van der Waals surface area contributed by atoms with Crippen LogP contribution in [0.4, 0.5) is 0 Å². The van der Waals surface area contributed by atoms with Crippen LogP contribution in [0.1, 0.15) is 131 Å². The van der Waals surface area contributed by atoms with Gasteiger partial charge in [0.15, 0.2) is 0 Å². The van der Waals surface area contributed by atoms with Gasteiger partial charge in [-0.2, -0.15) is 0 Å². The van der Waals surface area contributed by atoms with Crippen molar-refractivity contribution in [2.75, 3.05) is 0 Å². The summed E-state index contributed by atoms with van der Waals surface area (Å²) in [5.41, 5.74) is 14.0. The van der Waals surface area contributed by atoms with Crippen molar-refractivity contribution in [1.29, 1.82) is 0 Å². The topological polar surface area (TPSA) is 0 Å². The van der Waals surface area contributed by atoms with Crippen molar-refractivity contribution in [3.05, 3.63) is 90.8 Å². The molecule has 0 aromatic heterocycles. The molecule has 3 heteroatoms. The van der Waals surface area contributed by atoms with E-state index in [2.05, 4.69) is 116 Å². The third-order valence-electron chi connectivity index (χ3n) is 10.1. The van der Waals surface area contributed by atoms with Crippen molar-refractivity contribution in [2.24, 2.45) is 5.92 Å². The minimum Gasteiger partial charge on any atom is -1.00 e. The number of halogens is 2. The molecule has 2 aromatic rings. The minimum atomic E-state index is -2.37. The third kappa shape index (κ3) is 5.66. The molecule has 4 aliphatic rings. The van der Waals surface area contributed by atoms with Crippen LogP contribution in [0.3, 0.4) is 0 Å². The van der Waals surface area contributed by atoms with E-state index in [0.717, 1.165) is 0 Å². The van der Waals surface area contributed by atoms with Gasteiger partial charge < -0.3 is 24.8 Å². The number of allylic oxidation sites excluding steroid dienone is 6.